The van der Waals surface area contributed by atoms with Crippen molar-refractivity contribution in [2.45, 2.75) is 45.8 Å². The van der Waals surface area contributed by atoms with E-state index in [0.29, 0.717) is 13.0 Å². The third kappa shape index (κ3) is 9.56. The van der Waals surface area contributed by atoms with Gasteiger partial charge < -0.3 is 10.1 Å². The molecule has 5 heteroatoms. The lowest BCUT2D eigenvalue weighted by Gasteiger charge is -2.09. The summed E-state index contributed by atoms with van der Waals surface area (Å²) in [4.78, 5) is 22.4. The van der Waals surface area contributed by atoms with Crippen molar-refractivity contribution in [3.8, 4) is 0 Å². The van der Waals surface area contributed by atoms with E-state index in [0.717, 1.165) is 31.4 Å². The van der Waals surface area contributed by atoms with Crippen LogP contribution >= 0.6 is 0 Å². The van der Waals surface area contributed by atoms with Crippen LogP contribution < -0.4 is 11.1 Å². The molecule has 0 fully saturated rings. The first-order valence-corrected chi connectivity index (χ1v) is 6.02. The van der Waals surface area contributed by atoms with E-state index in [2.05, 4.69) is 5.32 Å². The van der Waals surface area contributed by atoms with Gasteiger partial charge in [-0.3, -0.25) is 10.5 Å². The predicted molar refractivity (Wildman–Crippen MR) is 66.0 cm³/mol. The number of hydrogen-bond acceptors (Lipinski definition) is 4. The molecule has 0 rings (SSSR count). The molecule has 98 valence electrons. The van der Waals surface area contributed by atoms with Gasteiger partial charge in [-0.15, -0.1) is 0 Å². The van der Waals surface area contributed by atoms with E-state index >= 15 is 0 Å². The molecule has 0 aliphatic heterocycles. The average Bonchev–Trinajstić information content (AvgIpc) is 2.27. The second kappa shape index (κ2) is 9.84. The fraction of sp³-hybridized carbons (Fsp3) is 0.667. The van der Waals surface area contributed by atoms with Crippen LogP contribution in [0.25, 0.3) is 0 Å². The first-order valence-electron chi connectivity index (χ1n) is 6.02. The first-order chi connectivity index (χ1) is 8.10. The highest BCUT2D eigenvalue weighted by molar-refractivity contribution is 5.94. The van der Waals surface area contributed by atoms with Gasteiger partial charge in [0.05, 0.1) is 0 Å². The van der Waals surface area contributed by atoms with Gasteiger partial charge in [0.15, 0.2) is 6.23 Å². The molecule has 0 heterocycles. The third-order valence-electron chi connectivity index (χ3n) is 2.04. The normalized spacial score (nSPS) is 12.4. The van der Waals surface area contributed by atoms with E-state index < -0.39 is 12.2 Å². The maximum atomic E-state index is 11.2. The molecule has 0 saturated heterocycles. The molecule has 0 radical (unpaired) electrons. The van der Waals surface area contributed by atoms with Gasteiger partial charge in [-0.05, 0) is 12.8 Å². The maximum Gasteiger partial charge on any atom is 0.332 e. The number of nitrogens with two attached hydrogens (primary N) is 1. The van der Waals surface area contributed by atoms with Crippen LogP contribution in [0.3, 0.4) is 0 Å². The van der Waals surface area contributed by atoms with Crippen molar-refractivity contribution in [3.05, 3.63) is 12.2 Å². The van der Waals surface area contributed by atoms with Gasteiger partial charge in [0.2, 0.25) is 5.91 Å². The van der Waals surface area contributed by atoms with Crippen molar-refractivity contribution in [2.24, 2.45) is 5.73 Å². The molecule has 0 aromatic carbocycles. The minimum Gasteiger partial charge on any atom is -0.444 e. The van der Waals surface area contributed by atoms with Gasteiger partial charge >= 0.3 is 5.97 Å². The van der Waals surface area contributed by atoms with Crippen molar-refractivity contribution in [2.75, 3.05) is 6.54 Å². The Morgan fingerprint density at radius 3 is 2.59 bits per heavy atom. The highest BCUT2D eigenvalue weighted by atomic mass is 16.6. The van der Waals surface area contributed by atoms with Crippen LogP contribution in [0.15, 0.2) is 12.2 Å². The number of esters is 1. The Bertz CT molecular complexity index is 264. The van der Waals surface area contributed by atoms with Crippen LogP contribution in [0.2, 0.25) is 0 Å². The second-order valence-electron chi connectivity index (χ2n) is 3.74. The molecule has 0 aliphatic carbocycles. The van der Waals surface area contributed by atoms with Crippen LogP contribution in [0.5, 0.6) is 0 Å². The standard InChI is InChI=1S/C12H22N2O3/c1-3-5-9-14-11(15)7-8-12(16)17-10(13)6-4-2/h7-8,10H,3-6,9,13H2,1-2H3,(H,14,15)/b8-7-. The van der Waals surface area contributed by atoms with E-state index in [1.807, 2.05) is 13.8 Å². The van der Waals surface area contributed by atoms with Crippen molar-refractivity contribution < 1.29 is 14.3 Å². The number of amides is 1. The smallest absolute Gasteiger partial charge is 0.332 e. The summed E-state index contributed by atoms with van der Waals surface area (Å²) < 4.78 is 4.84. The summed E-state index contributed by atoms with van der Waals surface area (Å²) in [5.74, 6) is -0.879. The Labute approximate surface area is 102 Å². The summed E-state index contributed by atoms with van der Waals surface area (Å²) in [6, 6.07) is 0. The quantitative estimate of drug-likeness (QED) is 0.289. The SMILES string of the molecule is CCCCNC(=O)/C=C\C(=O)OC(N)CCC. The number of ether oxygens (including phenoxy) is 1. The van der Waals surface area contributed by atoms with E-state index in [1.165, 1.54) is 0 Å². The van der Waals surface area contributed by atoms with Crippen molar-refractivity contribution in [1.29, 1.82) is 0 Å². The van der Waals surface area contributed by atoms with Crippen LogP contribution in [0.1, 0.15) is 39.5 Å². The number of carbonyl (C=O) groups is 2. The minimum atomic E-state index is -0.597. The zero-order chi connectivity index (χ0) is 13.1. The maximum absolute atomic E-state index is 11.2. The van der Waals surface area contributed by atoms with Gasteiger partial charge in [-0.1, -0.05) is 26.7 Å². The van der Waals surface area contributed by atoms with Gasteiger partial charge in [-0.2, -0.15) is 0 Å². The molecular weight excluding hydrogens is 220 g/mol. The molecule has 0 aliphatic rings. The van der Waals surface area contributed by atoms with Crippen LogP contribution in [0.4, 0.5) is 0 Å². The Hall–Kier alpha value is -1.36. The Kier molecular flexibility index (Phi) is 9.05. The molecule has 0 aromatic heterocycles. The van der Waals surface area contributed by atoms with Gasteiger partial charge in [0.1, 0.15) is 0 Å². The molecule has 17 heavy (non-hydrogen) atoms. The molecule has 0 saturated carbocycles. The summed E-state index contributed by atoms with van der Waals surface area (Å²) in [7, 11) is 0. The Morgan fingerprint density at radius 1 is 1.29 bits per heavy atom. The Morgan fingerprint density at radius 2 is 2.00 bits per heavy atom. The number of hydrogen-bond donors (Lipinski definition) is 2. The summed E-state index contributed by atoms with van der Waals surface area (Å²) in [5.41, 5.74) is 5.51. The highest BCUT2D eigenvalue weighted by Crippen LogP contribution is 1.96. The summed E-state index contributed by atoms with van der Waals surface area (Å²) >= 11 is 0. The monoisotopic (exact) mass is 242 g/mol. The highest BCUT2D eigenvalue weighted by Gasteiger charge is 2.05. The predicted octanol–water partition coefficient (Wildman–Crippen LogP) is 1.09. The van der Waals surface area contributed by atoms with Crippen LogP contribution in [-0.4, -0.2) is 24.6 Å². The Balaban J connectivity index is 3.82. The lowest BCUT2D eigenvalue weighted by atomic mass is 10.3. The largest absolute Gasteiger partial charge is 0.444 e. The van der Waals surface area contributed by atoms with Crippen molar-refractivity contribution in [3.63, 3.8) is 0 Å². The van der Waals surface area contributed by atoms with Gasteiger partial charge in [-0.25, -0.2) is 4.79 Å². The number of nitrogens with one attached hydrogen (secondary N) is 1. The molecule has 0 spiro atoms. The van der Waals surface area contributed by atoms with Gasteiger partial charge in [0, 0.05) is 18.7 Å². The molecule has 1 unspecified atom stereocenters. The first kappa shape index (κ1) is 15.6. The lowest BCUT2D eigenvalue weighted by Crippen LogP contribution is -2.26. The van der Waals surface area contributed by atoms with Gasteiger partial charge in [0.25, 0.3) is 0 Å². The molecular formula is C12H22N2O3. The second-order valence-corrected chi connectivity index (χ2v) is 3.74. The zero-order valence-electron chi connectivity index (χ0n) is 10.6. The van der Waals surface area contributed by atoms with E-state index in [1.54, 1.807) is 0 Å². The van der Waals surface area contributed by atoms with E-state index in [9.17, 15) is 9.59 Å². The molecule has 0 bridgehead atoms. The molecule has 3 N–H and O–H groups in total. The average molecular weight is 242 g/mol. The number of rotatable bonds is 8. The van der Waals surface area contributed by atoms with Crippen molar-refractivity contribution in [1.82, 2.24) is 5.32 Å². The summed E-state index contributed by atoms with van der Waals surface area (Å²) in [6.07, 6.45) is 5.05. The topological polar surface area (TPSA) is 81.4 Å². The van der Waals surface area contributed by atoms with E-state index in [4.69, 9.17) is 10.5 Å². The lowest BCUT2D eigenvalue weighted by molar-refractivity contribution is -0.143. The van der Waals surface area contributed by atoms with Crippen LogP contribution in [0, 0.1) is 0 Å². The minimum absolute atomic E-state index is 0.292. The van der Waals surface area contributed by atoms with Crippen LogP contribution in [-0.2, 0) is 14.3 Å². The van der Waals surface area contributed by atoms with E-state index in [-0.39, 0.29) is 5.91 Å². The molecule has 1 amide bonds. The summed E-state index contributed by atoms with van der Waals surface area (Å²) in [6.45, 7) is 4.60. The molecule has 0 aromatic rings. The third-order valence-corrected chi connectivity index (χ3v) is 2.04. The number of carbonyl (C=O) groups excluding carboxylic acids is 2. The fourth-order valence-corrected chi connectivity index (χ4v) is 1.12. The fourth-order valence-electron chi connectivity index (χ4n) is 1.12. The molecule has 1 atom stereocenters. The number of unbranched alkanes of at least 4 members (excludes halogenated alkanes) is 1. The van der Waals surface area contributed by atoms with Crippen molar-refractivity contribution >= 4 is 11.9 Å². The zero-order valence-corrected chi connectivity index (χ0v) is 10.6. The molecule has 5 nitrogen and oxygen atoms in total. The summed E-state index contributed by atoms with van der Waals surface area (Å²) in [5, 5.41) is 2.65.